The molecule has 0 aromatic heterocycles. The van der Waals surface area contributed by atoms with Crippen LogP contribution in [0.25, 0.3) is 0 Å². The first-order valence-electron chi connectivity index (χ1n) is 9.27. The van der Waals surface area contributed by atoms with Crippen LogP contribution in [0.5, 0.6) is 5.75 Å². The number of carbonyl (C=O) groups excluding carboxylic acids is 2. The second-order valence-corrected chi connectivity index (χ2v) is 6.15. The molecular weight excluding hydrogens is 346 g/mol. The third kappa shape index (κ3) is 4.38. The van der Waals surface area contributed by atoms with Crippen molar-refractivity contribution in [1.82, 2.24) is 0 Å². The summed E-state index contributed by atoms with van der Waals surface area (Å²) in [6.07, 6.45) is 0. The van der Waals surface area contributed by atoms with Crippen LogP contribution in [0.2, 0.25) is 0 Å². The first kappa shape index (κ1) is 20.7. The van der Waals surface area contributed by atoms with E-state index < -0.39 is 23.8 Å². The number of carbonyl (C=O) groups is 2. The molecule has 0 spiro atoms. The molecule has 27 heavy (non-hydrogen) atoms. The van der Waals surface area contributed by atoms with Crippen molar-refractivity contribution in [2.75, 3.05) is 19.8 Å². The number of para-hydroxylation sites is 1. The number of aliphatic imine (C=N–C) groups is 1. The van der Waals surface area contributed by atoms with Crippen LogP contribution in [0.15, 0.2) is 40.5 Å². The van der Waals surface area contributed by atoms with E-state index in [1.165, 1.54) is 0 Å². The second kappa shape index (κ2) is 9.35. The van der Waals surface area contributed by atoms with Crippen molar-refractivity contribution in [3.05, 3.63) is 41.1 Å². The molecule has 1 heterocycles. The Kier molecular flexibility index (Phi) is 7.16. The lowest BCUT2D eigenvalue weighted by atomic mass is 9.75. The van der Waals surface area contributed by atoms with E-state index in [2.05, 4.69) is 4.99 Å². The molecule has 0 bridgehead atoms. The molecule has 0 amide bonds. The van der Waals surface area contributed by atoms with E-state index >= 15 is 0 Å². The summed E-state index contributed by atoms with van der Waals surface area (Å²) >= 11 is 0. The zero-order chi connectivity index (χ0) is 20.0. The summed E-state index contributed by atoms with van der Waals surface area (Å²) in [5.74, 6) is -1.55. The predicted molar refractivity (Wildman–Crippen MR) is 103 cm³/mol. The van der Waals surface area contributed by atoms with Crippen LogP contribution in [0, 0.1) is 5.92 Å². The fraction of sp³-hybridized carbons (Fsp3) is 0.476. The Balaban J connectivity index is 2.68. The van der Waals surface area contributed by atoms with Crippen molar-refractivity contribution in [3.8, 4) is 5.75 Å². The van der Waals surface area contributed by atoms with E-state index in [4.69, 9.17) is 14.2 Å². The van der Waals surface area contributed by atoms with Crippen molar-refractivity contribution in [1.29, 1.82) is 0 Å². The molecular formula is C21H27NO5. The van der Waals surface area contributed by atoms with Crippen LogP contribution < -0.4 is 4.74 Å². The number of esters is 2. The molecule has 0 saturated carbocycles. The van der Waals surface area contributed by atoms with Gasteiger partial charge < -0.3 is 14.2 Å². The predicted octanol–water partition coefficient (Wildman–Crippen LogP) is 3.66. The van der Waals surface area contributed by atoms with E-state index in [9.17, 15) is 9.59 Å². The van der Waals surface area contributed by atoms with E-state index in [0.717, 1.165) is 5.56 Å². The lowest BCUT2D eigenvalue weighted by molar-refractivity contribution is -0.146. The summed E-state index contributed by atoms with van der Waals surface area (Å²) in [6, 6.07) is 7.42. The van der Waals surface area contributed by atoms with Gasteiger partial charge in [0, 0.05) is 22.9 Å². The molecule has 2 rings (SSSR count). The third-order valence-electron chi connectivity index (χ3n) is 4.42. The van der Waals surface area contributed by atoms with Crippen molar-refractivity contribution in [3.63, 3.8) is 0 Å². The molecule has 146 valence electrons. The van der Waals surface area contributed by atoms with Crippen LogP contribution in [-0.4, -0.2) is 37.5 Å². The minimum atomic E-state index is -0.713. The molecule has 2 atom stereocenters. The molecule has 0 saturated heterocycles. The van der Waals surface area contributed by atoms with Crippen LogP contribution >= 0.6 is 0 Å². The van der Waals surface area contributed by atoms with E-state index in [-0.39, 0.29) is 13.2 Å². The summed E-state index contributed by atoms with van der Waals surface area (Å²) in [4.78, 5) is 30.0. The molecule has 1 aromatic rings. The second-order valence-electron chi connectivity index (χ2n) is 6.15. The summed E-state index contributed by atoms with van der Waals surface area (Å²) in [5, 5.41) is 0. The average Bonchev–Trinajstić information content (AvgIpc) is 2.62. The van der Waals surface area contributed by atoms with Gasteiger partial charge in [0.1, 0.15) is 11.7 Å². The highest BCUT2D eigenvalue weighted by atomic mass is 16.5. The summed E-state index contributed by atoms with van der Waals surface area (Å²) < 4.78 is 16.3. The number of allylic oxidation sites excluding steroid dienone is 1. The lowest BCUT2D eigenvalue weighted by Crippen LogP contribution is -2.36. The van der Waals surface area contributed by atoms with Crippen LogP contribution in [0.1, 0.15) is 46.1 Å². The number of nitrogens with zero attached hydrogens (tertiary/aromatic N) is 1. The Hall–Kier alpha value is -2.63. The van der Waals surface area contributed by atoms with Gasteiger partial charge in [0.05, 0.1) is 25.4 Å². The van der Waals surface area contributed by atoms with Crippen LogP contribution in [0.3, 0.4) is 0 Å². The lowest BCUT2D eigenvalue weighted by Gasteiger charge is -2.32. The molecule has 6 heteroatoms. The maximum atomic E-state index is 12.8. The highest BCUT2D eigenvalue weighted by Gasteiger charge is 2.43. The minimum absolute atomic E-state index is 0.238. The molecule has 0 N–H and O–H groups in total. The van der Waals surface area contributed by atoms with Gasteiger partial charge in [0.15, 0.2) is 0 Å². The quantitative estimate of drug-likeness (QED) is 0.682. The van der Waals surface area contributed by atoms with Crippen LogP contribution in [0.4, 0.5) is 0 Å². The van der Waals surface area contributed by atoms with E-state index in [1.54, 1.807) is 27.7 Å². The number of hydrogen-bond acceptors (Lipinski definition) is 6. The number of rotatable bonds is 7. The Morgan fingerprint density at radius 3 is 2.30 bits per heavy atom. The molecule has 1 aliphatic heterocycles. The summed E-state index contributed by atoms with van der Waals surface area (Å²) in [7, 11) is 0. The van der Waals surface area contributed by atoms with Crippen molar-refractivity contribution in [2.45, 2.75) is 40.5 Å². The van der Waals surface area contributed by atoms with Gasteiger partial charge in [-0.15, -0.1) is 0 Å². The fourth-order valence-electron chi connectivity index (χ4n) is 3.41. The number of hydrogen-bond donors (Lipinski definition) is 0. The van der Waals surface area contributed by atoms with E-state index in [0.29, 0.717) is 29.3 Å². The highest BCUT2D eigenvalue weighted by Crippen LogP contribution is 2.43. The Bertz CT molecular complexity index is 766. The molecule has 0 radical (unpaired) electrons. The van der Waals surface area contributed by atoms with Gasteiger partial charge in [-0.25, -0.2) is 4.79 Å². The molecule has 2 unspecified atom stereocenters. The largest absolute Gasteiger partial charge is 0.494 e. The molecule has 0 aliphatic carbocycles. The Morgan fingerprint density at radius 1 is 1.00 bits per heavy atom. The zero-order valence-corrected chi connectivity index (χ0v) is 16.6. The van der Waals surface area contributed by atoms with Gasteiger partial charge in [-0.2, -0.15) is 0 Å². The number of ether oxygens (including phenoxy) is 3. The number of benzene rings is 1. The smallest absolute Gasteiger partial charge is 0.336 e. The standard InChI is InChI=1S/C21H27NO5/c1-6-25-16-12-10-9-11-15(16)19-17(20(23)26-7-2)13(4)22-14(5)18(19)21(24)27-8-3/h9-12,17,19H,6-8H2,1-5H3. The third-order valence-corrected chi connectivity index (χ3v) is 4.42. The minimum Gasteiger partial charge on any atom is -0.494 e. The van der Waals surface area contributed by atoms with Gasteiger partial charge in [0.2, 0.25) is 0 Å². The molecule has 6 nitrogen and oxygen atoms in total. The average molecular weight is 373 g/mol. The topological polar surface area (TPSA) is 74.2 Å². The first-order valence-corrected chi connectivity index (χ1v) is 9.27. The van der Waals surface area contributed by atoms with Crippen molar-refractivity contribution < 1.29 is 23.8 Å². The summed E-state index contributed by atoms with van der Waals surface area (Å²) in [6.45, 7) is 9.89. The fourth-order valence-corrected chi connectivity index (χ4v) is 3.41. The summed E-state index contributed by atoms with van der Waals surface area (Å²) in [5.41, 5.74) is 2.26. The van der Waals surface area contributed by atoms with Crippen molar-refractivity contribution in [2.24, 2.45) is 10.9 Å². The van der Waals surface area contributed by atoms with Gasteiger partial charge in [-0.3, -0.25) is 9.79 Å². The molecule has 0 fully saturated rings. The SMILES string of the molecule is CCOC(=O)C1=C(C)N=C(C)C(C(=O)OCC)C1c1ccccc1OCC. The maximum absolute atomic E-state index is 12.8. The van der Waals surface area contributed by atoms with Gasteiger partial charge in [-0.1, -0.05) is 18.2 Å². The Labute approximate surface area is 160 Å². The molecule has 1 aliphatic rings. The van der Waals surface area contributed by atoms with Gasteiger partial charge >= 0.3 is 11.9 Å². The van der Waals surface area contributed by atoms with Gasteiger partial charge in [-0.05, 0) is 40.7 Å². The van der Waals surface area contributed by atoms with E-state index in [1.807, 2.05) is 31.2 Å². The zero-order valence-electron chi connectivity index (χ0n) is 16.6. The van der Waals surface area contributed by atoms with Gasteiger partial charge in [0.25, 0.3) is 0 Å². The van der Waals surface area contributed by atoms with Crippen molar-refractivity contribution >= 4 is 17.7 Å². The Morgan fingerprint density at radius 2 is 1.67 bits per heavy atom. The van der Waals surface area contributed by atoms with Crippen LogP contribution in [-0.2, 0) is 19.1 Å². The monoisotopic (exact) mass is 373 g/mol. The normalized spacial score (nSPS) is 19.4. The first-order chi connectivity index (χ1) is 13.0. The molecule has 1 aromatic carbocycles. The maximum Gasteiger partial charge on any atom is 0.336 e. The highest BCUT2D eigenvalue weighted by molar-refractivity contribution is 6.07.